The second kappa shape index (κ2) is 8.94. The molecule has 1 aliphatic rings. The predicted molar refractivity (Wildman–Crippen MR) is 134 cm³/mol. The summed E-state index contributed by atoms with van der Waals surface area (Å²) in [5, 5.41) is 4.26. The molecule has 4 rings (SSSR count). The van der Waals surface area contributed by atoms with Crippen molar-refractivity contribution in [1.82, 2.24) is 14.9 Å². The van der Waals surface area contributed by atoms with Gasteiger partial charge in [-0.3, -0.25) is 4.98 Å². The van der Waals surface area contributed by atoms with Crippen LogP contribution in [0.2, 0.25) is 0 Å². The smallest absolute Gasteiger partial charge is 0.174 e. The van der Waals surface area contributed by atoms with Gasteiger partial charge in [-0.25, -0.2) is 0 Å². The van der Waals surface area contributed by atoms with E-state index in [4.69, 9.17) is 17.0 Å². The third kappa shape index (κ3) is 4.11. The first kappa shape index (κ1) is 22.3. The minimum atomic E-state index is -0.0450. The number of ether oxygens (including phenoxy) is 1. The van der Waals surface area contributed by atoms with E-state index in [2.05, 4.69) is 71.7 Å². The number of hydrogen-bond donors (Lipinski definition) is 1. The first-order chi connectivity index (χ1) is 15.3. The van der Waals surface area contributed by atoms with Crippen LogP contribution in [0.4, 0.5) is 5.69 Å². The maximum absolute atomic E-state index is 5.86. The van der Waals surface area contributed by atoms with Gasteiger partial charge in [0.05, 0.1) is 23.9 Å². The Morgan fingerprint density at radius 2 is 1.75 bits per heavy atom. The molecule has 0 spiro atoms. The maximum Gasteiger partial charge on any atom is 0.174 e. The normalized spacial score (nSPS) is 18.5. The summed E-state index contributed by atoms with van der Waals surface area (Å²) in [7, 11) is 0. The fourth-order valence-corrected chi connectivity index (χ4v) is 5.15. The highest BCUT2D eigenvalue weighted by Gasteiger charge is 2.42. The first-order valence-corrected chi connectivity index (χ1v) is 11.6. The number of pyridine rings is 1. The molecule has 1 aliphatic heterocycles. The van der Waals surface area contributed by atoms with Gasteiger partial charge in [-0.05, 0) is 102 Å². The van der Waals surface area contributed by atoms with Gasteiger partial charge in [0, 0.05) is 29.3 Å². The number of anilines is 1. The summed E-state index contributed by atoms with van der Waals surface area (Å²) in [6.45, 7) is 12.9. The predicted octanol–water partition coefficient (Wildman–Crippen LogP) is 6.05. The molecule has 32 heavy (non-hydrogen) atoms. The highest BCUT2D eigenvalue weighted by atomic mass is 32.1. The first-order valence-electron chi connectivity index (χ1n) is 11.2. The van der Waals surface area contributed by atoms with Crippen molar-refractivity contribution in [3.8, 4) is 5.75 Å². The van der Waals surface area contributed by atoms with E-state index in [-0.39, 0.29) is 18.2 Å². The van der Waals surface area contributed by atoms with Gasteiger partial charge in [-0.1, -0.05) is 6.07 Å². The van der Waals surface area contributed by atoms with E-state index in [1.807, 2.05) is 44.3 Å². The van der Waals surface area contributed by atoms with Gasteiger partial charge in [0.15, 0.2) is 5.11 Å². The van der Waals surface area contributed by atoms with Crippen LogP contribution in [0.25, 0.3) is 0 Å². The lowest BCUT2D eigenvalue weighted by Gasteiger charge is -2.28. The molecule has 0 radical (unpaired) electrons. The van der Waals surface area contributed by atoms with Crippen LogP contribution in [-0.2, 0) is 0 Å². The average molecular weight is 449 g/mol. The van der Waals surface area contributed by atoms with Crippen molar-refractivity contribution in [3.63, 3.8) is 0 Å². The van der Waals surface area contributed by atoms with Crippen molar-refractivity contribution in [2.75, 3.05) is 4.90 Å². The van der Waals surface area contributed by atoms with E-state index in [0.717, 1.165) is 17.1 Å². The monoisotopic (exact) mass is 448 g/mol. The van der Waals surface area contributed by atoms with Crippen molar-refractivity contribution in [2.45, 2.75) is 65.8 Å². The molecule has 0 bridgehead atoms. The summed E-state index contributed by atoms with van der Waals surface area (Å²) in [5.74, 6) is 0.859. The molecule has 1 fully saturated rings. The minimum absolute atomic E-state index is 0.00651. The van der Waals surface area contributed by atoms with Crippen molar-refractivity contribution in [2.24, 2.45) is 0 Å². The van der Waals surface area contributed by atoms with Crippen molar-refractivity contribution >= 4 is 23.0 Å². The lowest BCUT2D eigenvalue weighted by Crippen LogP contribution is -2.29. The summed E-state index contributed by atoms with van der Waals surface area (Å²) in [6.07, 6.45) is 1.98. The van der Waals surface area contributed by atoms with Gasteiger partial charge in [0.2, 0.25) is 0 Å². The molecule has 3 heterocycles. The number of thiocarbonyl (C=S) groups is 1. The van der Waals surface area contributed by atoms with Crippen molar-refractivity contribution in [1.29, 1.82) is 0 Å². The average Bonchev–Trinajstić information content (AvgIpc) is 3.24. The molecule has 0 amide bonds. The Hall–Kier alpha value is -2.86. The Kier molecular flexibility index (Phi) is 6.24. The highest BCUT2D eigenvalue weighted by molar-refractivity contribution is 7.80. The quantitative estimate of drug-likeness (QED) is 0.465. The van der Waals surface area contributed by atoms with E-state index in [1.165, 1.54) is 17.0 Å². The lowest BCUT2D eigenvalue weighted by atomic mass is 9.96. The van der Waals surface area contributed by atoms with Crippen LogP contribution in [0.1, 0.15) is 68.5 Å². The largest absolute Gasteiger partial charge is 0.491 e. The van der Waals surface area contributed by atoms with Crippen LogP contribution in [0.5, 0.6) is 5.75 Å². The molecule has 6 heteroatoms. The van der Waals surface area contributed by atoms with Crippen LogP contribution in [0.15, 0.2) is 54.7 Å². The zero-order chi connectivity index (χ0) is 23.0. The fourth-order valence-electron chi connectivity index (χ4n) is 4.80. The number of nitrogens with zero attached hydrogens (tertiary/aromatic N) is 3. The molecule has 0 aliphatic carbocycles. The topological polar surface area (TPSA) is 42.3 Å². The SMILES string of the molecule is Cc1cc([C@@H]2[C@@H](c3ccccn3)NC(=S)N2c2ccc(OC(C)C)cc2)c(C)n1C(C)C. The van der Waals surface area contributed by atoms with Crippen molar-refractivity contribution < 1.29 is 4.74 Å². The zero-order valence-corrected chi connectivity index (χ0v) is 20.5. The summed E-state index contributed by atoms with van der Waals surface area (Å²) in [6, 6.07) is 16.9. The Bertz CT molecular complexity index is 1090. The summed E-state index contributed by atoms with van der Waals surface area (Å²) in [4.78, 5) is 6.89. The number of rotatable bonds is 6. The number of benzene rings is 1. The van der Waals surface area contributed by atoms with E-state index in [9.17, 15) is 0 Å². The molecule has 1 aromatic carbocycles. The molecule has 0 saturated carbocycles. The van der Waals surface area contributed by atoms with Gasteiger partial charge in [-0.15, -0.1) is 0 Å². The number of aryl methyl sites for hydroxylation is 1. The summed E-state index contributed by atoms with van der Waals surface area (Å²) < 4.78 is 8.24. The standard InChI is InChI=1S/C26H32N4OS/c1-16(2)29-18(5)15-22(19(29)6)25-24(23-9-7-8-14-27-23)28-26(32)30(25)20-10-12-21(13-11-20)31-17(3)4/h7-17,24-25H,1-6H3,(H,28,32)/t24-,25-/m1/s1. The van der Waals surface area contributed by atoms with Crippen LogP contribution < -0.4 is 15.0 Å². The summed E-state index contributed by atoms with van der Waals surface area (Å²) in [5.41, 5.74) is 5.81. The molecular weight excluding hydrogens is 416 g/mol. The van der Waals surface area contributed by atoms with Gasteiger partial charge in [0.25, 0.3) is 0 Å². The molecule has 1 saturated heterocycles. The molecule has 1 N–H and O–H groups in total. The minimum Gasteiger partial charge on any atom is -0.491 e. The second-order valence-corrected chi connectivity index (χ2v) is 9.33. The molecule has 3 aromatic rings. The zero-order valence-electron chi connectivity index (χ0n) is 19.7. The molecule has 2 atom stereocenters. The Labute approximate surface area is 196 Å². The number of hydrogen-bond acceptors (Lipinski definition) is 3. The van der Waals surface area contributed by atoms with E-state index in [0.29, 0.717) is 11.2 Å². The third-order valence-corrected chi connectivity index (χ3v) is 6.26. The Balaban J connectivity index is 1.81. The second-order valence-electron chi connectivity index (χ2n) is 8.95. The van der Waals surface area contributed by atoms with Crippen LogP contribution >= 0.6 is 12.2 Å². The Morgan fingerprint density at radius 3 is 2.31 bits per heavy atom. The third-order valence-electron chi connectivity index (χ3n) is 5.94. The lowest BCUT2D eigenvalue weighted by molar-refractivity contribution is 0.242. The van der Waals surface area contributed by atoms with Crippen LogP contribution in [0.3, 0.4) is 0 Å². The van der Waals surface area contributed by atoms with Gasteiger partial charge >= 0.3 is 0 Å². The van der Waals surface area contributed by atoms with Crippen LogP contribution in [-0.4, -0.2) is 20.8 Å². The highest BCUT2D eigenvalue weighted by Crippen LogP contribution is 2.44. The number of nitrogens with one attached hydrogen (secondary N) is 1. The summed E-state index contributed by atoms with van der Waals surface area (Å²) >= 11 is 5.86. The molecular formula is C26H32N4OS. The fraction of sp³-hybridized carbons (Fsp3) is 0.385. The molecule has 2 aromatic heterocycles. The molecule has 0 unspecified atom stereocenters. The van der Waals surface area contributed by atoms with Gasteiger partial charge < -0.3 is 19.5 Å². The molecule has 5 nitrogen and oxygen atoms in total. The van der Waals surface area contributed by atoms with E-state index in [1.54, 1.807) is 0 Å². The van der Waals surface area contributed by atoms with Crippen LogP contribution in [0, 0.1) is 13.8 Å². The van der Waals surface area contributed by atoms with Crippen molar-refractivity contribution in [3.05, 3.63) is 77.4 Å². The molecule has 168 valence electrons. The number of aromatic nitrogens is 2. The maximum atomic E-state index is 5.86. The van der Waals surface area contributed by atoms with Gasteiger partial charge in [-0.2, -0.15) is 0 Å². The Morgan fingerprint density at radius 1 is 1.03 bits per heavy atom. The van der Waals surface area contributed by atoms with E-state index >= 15 is 0 Å². The van der Waals surface area contributed by atoms with E-state index < -0.39 is 0 Å². The van der Waals surface area contributed by atoms with Gasteiger partial charge in [0.1, 0.15) is 5.75 Å².